The minimum atomic E-state index is -1.97. The zero-order valence-corrected chi connectivity index (χ0v) is 17.8. The Morgan fingerprint density at radius 2 is 1.44 bits per heavy atom. The van der Waals surface area contributed by atoms with E-state index in [9.17, 15) is 0 Å². The molecule has 0 unspecified atom stereocenters. The van der Waals surface area contributed by atoms with Gasteiger partial charge in [-0.3, -0.25) is 0 Å². The number of hydrogen-bond donors (Lipinski definition) is 0. The third-order valence-corrected chi connectivity index (χ3v) is 58.7. The van der Waals surface area contributed by atoms with Crippen molar-refractivity contribution in [2.24, 2.45) is 0 Å². The van der Waals surface area contributed by atoms with Crippen LogP contribution < -0.4 is 0 Å². The fourth-order valence-corrected chi connectivity index (χ4v) is 50.3. The predicted molar refractivity (Wildman–Crippen MR) is 87.3 cm³/mol. The zero-order valence-electron chi connectivity index (χ0n) is 13.6. The Morgan fingerprint density at radius 3 is 1.78 bits per heavy atom. The summed E-state index contributed by atoms with van der Waals surface area (Å²) in [5.41, 5.74) is 0.278. The fraction of sp³-hybridized carbons (Fsp3) is 1.00. The molecular formula is C15H34Ge2O. The summed E-state index contributed by atoms with van der Waals surface area (Å²) in [5, 5.41) is 4.80. The van der Waals surface area contributed by atoms with Crippen LogP contribution in [0.1, 0.15) is 59.8 Å². The Labute approximate surface area is 119 Å². The predicted octanol–water partition coefficient (Wildman–Crippen LogP) is 5.52. The van der Waals surface area contributed by atoms with Crippen LogP contribution in [0.3, 0.4) is 0 Å². The first-order valence-electron chi connectivity index (χ1n) is 8.11. The molecule has 1 fully saturated rings. The topological polar surface area (TPSA) is 9.23 Å². The van der Waals surface area contributed by atoms with Gasteiger partial charge in [-0.05, 0) is 0 Å². The molecule has 3 heteroatoms. The van der Waals surface area contributed by atoms with E-state index in [-0.39, 0.29) is 5.60 Å². The van der Waals surface area contributed by atoms with Crippen LogP contribution in [0.2, 0.25) is 27.3 Å². The number of rotatable bonds is 6. The van der Waals surface area contributed by atoms with E-state index in [0.29, 0.717) is 0 Å². The Morgan fingerprint density at radius 1 is 0.944 bits per heavy atom. The van der Waals surface area contributed by atoms with Crippen molar-refractivity contribution in [3.05, 3.63) is 0 Å². The molecule has 0 bridgehead atoms. The van der Waals surface area contributed by atoms with Crippen LogP contribution in [0.4, 0.5) is 0 Å². The van der Waals surface area contributed by atoms with Crippen molar-refractivity contribution in [1.29, 1.82) is 0 Å². The van der Waals surface area contributed by atoms with Crippen molar-refractivity contribution in [2.45, 2.75) is 92.7 Å². The van der Waals surface area contributed by atoms with E-state index >= 15 is 0 Å². The van der Waals surface area contributed by atoms with Gasteiger partial charge in [0.1, 0.15) is 0 Å². The quantitative estimate of drug-likeness (QED) is 0.556. The SMILES string of the molecule is CC[CH2][Ge]1([CH2]CC)[CH2]CC(CC)(CC)[O][Ge]1([CH3])[CH3]. The van der Waals surface area contributed by atoms with Crippen LogP contribution in [0.5, 0.6) is 0 Å². The van der Waals surface area contributed by atoms with E-state index in [2.05, 4.69) is 39.2 Å². The molecule has 0 aromatic rings. The van der Waals surface area contributed by atoms with Gasteiger partial charge in [0.15, 0.2) is 0 Å². The summed E-state index contributed by atoms with van der Waals surface area (Å²) in [6, 6.07) is 0. The molecule has 0 atom stereocenters. The van der Waals surface area contributed by atoms with Gasteiger partial charge in [-0.2, -0.15) is 0 Å². The van der Waals surface area contributed by atoms with Crippen LogP contribution in [0, 0.1) is 0 Å². The van der Waals surface area contributed by atoms with Gasteiger partial charge in [0.2, 0.25) is 0 Å². The second-order valence-electron chi connectivity index (χ2n) is 6.78. The average molecular weight is 376 g/mol. The van der Waals surface area contributed by atoms with Gasteiger partial charge >= 0.3 is 119 Å². The average Bonchev–Trinajstić information content (AvgIpc) is 2.33. The van der Waals surface area contributed by atoms with Crippen molar-refractivity contribution in [3.63, 3.8) is 0 Å². The molecule has 1 heterocycles. The molecule has 108 valence electrons. The molecular weight excluding hydrogens is 341 g/mol. The summed E-state index contributed by atoms with van der Waals surface area (Å²) >= 11 is -3.62. The van der Waals surface area contributed by atoms with E-state index in [1.807, 2.05) is 0 Å². The maximum atomic E-state index is 6.95. The normalized spacial score (nSPS) is 25.0. The summed E-state index contributed by atoms with van der Waals surface area (Å²) in [7, 11) is 0. The van der Waals surface area contributed by atoms with Gasteiger partial charge in [0.25, 0.3) is 0 Å². The van der Waals surface area contributed by atoms with Gasteiger partial charge in [-0.15, -0.1) is 0 Å². The van der Waals surface area contributed by atoms with Crippen molar-refractivity contribution in [3.8, 4) is 0 Å². The number of hydrogen-bond acceptors (Lipinski definition) is 1. The third kappa shape index (κ3) is 3.20. The summed E-state index contributed by atoms with van der Waals surface area (Å²) < 4.78 is 6.95. The molecule has 0 aromatic carbocycles. The van der Waals surface area contributed by atoms with Gasteiger partial charge < -0.3 is 0 Å². The summed E-state index contributed by atoms with van der Waals surface area (Å²) in [5.74, 6) is 5.23. The second-order valence-corrected chi connectivity index (χ2v) is 46.8. The van der Waals surface area contributed by atoms with E-state index < -0.39 is 22.9 Å². The molecule has 0 N–H and O–H groups in total. The van der Waals surface area contributed by atoms with Crippen molar-refractivity contribution >= 4 is 22.9 Å². The summed E-state index contributed by atoms with van der Waals surface area (Å²) in [6.45, 7) is 9.45. The zero-order chi connectivity index (χ0) is 13.9. The Hall–Kier alpha value is 1.05. The first kappa shape index (κ1) is 17.1. The van der Waals surface area contributed by atoms with E-state index in [0.717, 1.165) is 0 Å². The van der Waals surface area contributed by atoms with Crippen LogP contribution >= 0.6 is 0 Å². The van der Waals surface area contributed by atoms with Crippen LogP contribution in [-0.4, -0.2) is 28.5 Å². The molecule has 1 aliphatic rings. The standard InChI is InChI=1S/C15H34Ge2O/c1-7-12-17(13-8-2)14-11-15(9-3,10-4)18-16(17,5)6/h7-14H2,1-6H3. The molecule has 1 saturated heterocycles. The molecule has 0 amide bonds. The molecule has 0 aliphatic carbocycles. The molecule has 1 aliphatic heterocycles. The monoisotopic (exact) mass is 378 g/mol. The van der Waals surface area contributed by atoms with Gasteiger partial charge in [-0.1, -0.05) is 0 Å². The van der Waals surface area contributed by atoms with Gasteiger partial charge in [0.05, 0.1) is 0 Å². The van der Waals surface area contributed by atoms with Crippen LogP contribution in [0.15, 0.2) is 0 Å². The van der Waals surface area contributed by atoms with Gasteiger partial charge in [-0.25, -0.2) is 0 Å². The van der Waals surface area contributed by atoms with E-state index in [4.69, 9.17) is 3.76 Å². The Bertz CT molecular complexity index is 253. The molecule has 0 radical (unpaired) electrons. The van der Waals surface area contributed by atoms with E-state index in [1.54, 1.807) is 15.8 Å². The van der Waals surface area contributed by atoms with Gasteiger partial charge in [0, 0.05) is 0 Å². The first-order chi connectivity index (χ1) is 8.41. The second kappa shape index (κ2) is 6.67. The van der Waals surface area contributed by atoms with Crippen molar-refractivity contribution in [1.82, 2.24) is 0 Å². The van der Waals surface area contributed by atoms with Crippen molar-refractivity contribution in [2.75, 3.05) is 0 Å². The molecule has 0 spiro atoms. The Kier molecular flexibility index (Phi) is 6.33. The summed E-state index contributed by atoms with van der Waals surface area (Å²) in [6.07, 6.45) is 6.66. The molecule has 1 rings (SSSR count). The first-order valence-corrected chi connectivity index (χ1v) is 24.1. The molecule has 0 aromatic heterocycles. The van der Waals surface area contributed by atoms with Crippen LogP contribution in [0.25, 0.3) is 0 Å². The Balaban J connectivity index is 2.97. The molecule has 0 saturated carbocycles. The fourth-order valence-electron chi connectivity index (χ4n) is 4.15. The minimum absolute atomic E-state index is 0.278. The molecule has 18 heavy (non-hydrogen) atoms. The van der Waals surface area contributed by atoms with Crippen molar-refractivity contribution < 1.29 is 3.76 Å². The van der Waals surface area contributed by atoms with E-state index in [1.165, 1.54) is 32.1 Å². The third-order valence-electron chi connectivity index (χ3n) is 5.55. The summed E-state index contributed by atoms with van der Waals surface area (Å²) in [4.78, 5) is 0. The van der Waals surface area contributed by atoms with Crippen LogP contribution in [-0.2, 0) is 3.76 Å². The molecule has 1 nitrogen and oxygen atoms in total. The maximum absolute atomic E-state index is 6.95.